The molecular formula is C14H22N2O2. The Morgan fingerprint density at radius 1 is 1.44 bits per heavy atom. The van der Waals surface area contributed by atoms with Gasteiger partial charge in [-0.05, 0) is 38.1 Å². The summed E-state index contributed by atoms with van der Waals surface area (Å²) < 4.78 is 5.27. The Bertz CT molecular complexity index is 401. The SMILES string of the molecule is CCC(C)(OC)C(=O)Nc1cccc(CNC)c1. The van der Waals surface area contributed by atoms with Crippen LogP contribution in [0.25, 0.3) is 0 Å². The second kappa shape index (κ2) is 6.52. The Morgan fingerprint density at radius 2 is 2.17 bits per heavy atom. The third-order valence-corrected chi connectivity index (χ3v) is 3.17. The van der Waals surface area contributed by atoms with E-state index in [1.54, 1.807) is 14.0 Å². The number of hydrogen-bond acceptors (Lipinski definition) is 3. The summed E-state index contributed by atoms with van der Waals surface area (Å²) in [4.78, 5) is 12.1. The second-order valence-electron chi connectivity index (χ2n) is 4.47. The van der Waals surface area contributed by atoms with Crippen molar-refractivity contribution < 1.29 is 9.53 Å². The van der Waals surface area contributed by atoms with Crippen LogP contribution in [0.1, 0.15) is 25.8 Å². The highest BCUT2D eigenvalue weighted by molar-refractivity contribution is 5.97. The molecule has 0 heterocycles. The van der Waals surface area contributed by atoms with Crippen molar-refractivity contribution in [3.63, 3.8) is 0 Å². The molecule has 2 N–H and O–H groups in total. The van der Waals surface area contributed by atoms with Crippen LogP contribution >= 0.6 is 0 Å². The van der Waals surface area contributed by atoms with Gasteiger partial charge in [0.2, 0.25) is 0 Å². The zero-order valence-corrected chi connectivity index (χ0v) is 11.5. The first kappa shape index (κ1) is 14.7. The summed E-state index contributed by atoms with van der Waals surface area (Å²) in [7, 11) is 3.45. The molecule has 0 aliphatic carbocycles. The number of methoxy groups -OCH3 is 1. The fraction of sp³-hybridized carbons (Fsp3) is 0.500. The average molecular weight is 250 g/mol. The topological polar surface area (TPSA) is 50.4 Å². The lowest BCUT2D eigenvalue weighted by atomic mass is 10.0. The average Bonchev–Trinajstić information content (AvgIpc) is 2.38. The minimum Gasteiger partial charge on any atom is -0.369 e. The molecule has 0 spiro atoms. The lowest BCUT2D eigenvalue weighted by Crippen LogP contribution is -2.41. The summed E-state index contributed by atoms with van der Waals surface area (Å²) in [5, 5.41) is 5.97. The van der Waals surface area contributed by atoms with E-state index in [-0.39, 0.29) is 5.91 Å². The highest BCUT2D eigenvalue weighted by Crippen LogP contribution is 2.18. The van der Waals surface area contributed by atoms with Gasteiger partial charge in [0.25, 0.3) is 5.91 Å². The molecule has 4 nitrogen and oxygen atoms in total. The maximum atomic E-state index is 12.1. The van der Waals surface area contributed by atoms with Crippen molar-refractivity contribution in [2.24, 2.45) is 0 Å². The molecule has 4 heteroatoms. The summed E-state index contributed by atoms with van der Waals surface area (Å²) in [6.45, 7) is 4.50. The van der Waals surface area contributed by atoms with Crippen molar-refractivity contribution in [2.45, 2.75) is 32.4 Å². The van der Waals surface area contributed by atoms with Crippen LogP contribution in [0, 0.1) is 0 Å². The largest absolute Gasteiger partial charge is 0.369 e. The van der Waals surface area contributed by atoms with Crippen molar-refractivity contribution in [3.05, 3.63) is 29.8 Å². The van der Waals surface area contributed by atoms with Crippen molar-refractivity contribution in [2.75, 3.05) is 19.5 Å². The van der Waals surface area contributed by atoms with Crippen LogP contribution in [-0.4, -0.2) is 25.7 Å². The minimum absolute atomic E-state index is 0.117. The fourth-order valence-electron chi connectivity index (χ4n) is 1.62. The predicted molar refractivity (Wildman–Crippen MR) is 73.5 cm³/mol. The molecule has 1 aromatic rings. The Balaban J connectivity index is 2.78. The first-order chi connectivity index (χ1) is 8.55. The summed E-state index contributed by atoms with van der Waals surface area (Å²) in [6, 6.07) is 7.78. The van der Waals surface area contributed by atoms with E-state index in [4.69, 9.17) is 4.74 Å². The molecule has 0 bridgehead atoms. The van der Waals surface area contributed by atoms with Crippen molar-refractivity contribution >= 4 is 11.6 Å². The van der Waals surface area contributed by atoms with Gasteiger partial charge >= 0.3 is 0 Å². The minimum atomic E-state index is -0.779. The Morgan fingerprint density at radius 3 is 2.72 bits per heavy atom. The summed E-state index contributed by atoms with van der Waals surface area (Å²) in [6.07, 6.45) is 0.630. The predicted octanol–water partition coefficient (Wildman–Crippen LogP) is 2.16. The van der Waals surface area contributed by atoms with Crippen LogP contribution in [-0.2, 0) is 16.1 Å². The van der Waals surface area contributed by atoms with Gasteiger partial charge < -0.3 is 15.4 Å². The Labute approximate surface area is 109 Å². The summed E-state index contributed by atoms with van der Waals surface area (Å²) in [5.41, 5.74) is 1.15. The molecule has 1 aromatic carbocycles. The highest BCUT2D eigenvalue weighted by atomic mass is 16.5. The van der Waals surface area contributed by atoms with Crippen LogP contribution < -0.4 is 10.6 Å². The summed E-state index contributed by atoms with van der Waals surface area (Å²) >= 11 is 0. The van der Waals surface area contributed by atoms with E-state index >= 15 is 0 Å². The van der Waals surface area contributed by atoms with Crippen molar-refractivity contribution in [1.29, 1.82) is 0 Å². The van der Waals surface area contributed by atoms with Crippen LogP contribution in [0.4, 0.5) is 5.69 Å². The number of ether oxygens (including phenoxy) is 1. The molecule has 0 saturated heterocycles. The molecule has 1 amide bonds. The van der Waals surface area contributed by atoms with E-state index in [2.05, 4.69) is 10.6 Å². The maximum Gasteiger partial charge on any atom is 0.256 e. The first-order valence-electron chi connectivity index (χ1n) is 6.16. The first-order valence-corrected chi connectivity index (χ1v) is 6.16. The van der Waals surface area contributed by atoms with Gasteiger partial charge in [0.15, 0.2) is 0 Å². The zero-order valence-electron chi connectivity index (χ0n) is 11.5. The number of amides is 1. The van der Waals surface area contributed by atoms with E-state index in [9.17, 15) is 4.79 Å². The number of benzene rings is 1. The molecule has 0 aliphatic rings. The van der Waals surface area contributed by atoms with E-state index in [0.717, 1.165) is 17.8 Å². The normalized spacial score (nSPS) is 14.0. The van der Waals surface area contributed by atoms with Gasteiger partial charge in [-0.25, -0.2) is 0 Å². The Kier molecular flexibility index (Phi) is 5.31. The van der Waals surface area contributed by atoms with Gasteiger partial charge in [-0.15, -0.1) is 0 Å². The lowest BCUT2D eigenvalue weighted by molar-refractivity contribution is -0.136. The number of anilines is 1. The van der Waals surface area contributed by atoms with Crippen LogP contribution in [0.15, 0.2) is 24.3 Å². The van der Waals surface area contributed by atoms with Crippen LogP contribution in [0.3, 0.4) is 0 Å². The van der Waals surface area contributed by atoms with Crippen molar-refractivity contribution in [3.8, 4) is 0 Å². The molecule has 100 valence electrons. The highest BCUT2D eigenvalue weighted by Gasteiger charge is 2.30. The lowest BCUT2D eigenvalue weighted by Gasteiger charge is -2.25. The molecule has 0 fully saturated rings. The molecule has 18 heavy (non-hydrogen) atoms. The van der Waals surface area contributed by atoms with E-state index < -0.39 is 5.60 Å². The molecule has 1 unspecified atom stereocenters. The molecule has 0 aromatic heterocycles. The van der Waals surface area contributed by atoms with Crippen LogP contribution in [0.2, 0.25) is 0 Å². The molecule has 1 rings (SSSR count). The van der Waals surface area contributed by atoms with Gasteiger partial charge in [-0.3, -0.25) is 4.79 Å². The monoisotopic (exact) mass is 250 g/mol. The maximum absolute atomic E-state index is 12.1. The molecule has 1 atom stereocenters. The molecular weight excluding hydrogens is 228 g/mol. The van der Waals surface area contributed by atoms with Crippen LogP contribution in [0.5, 0.6) is 0 Å². The van der Waals surface area contributed by atoms with E-state index in [1.165, 1.54) is 0 Å². The number of carbonyl (C=O) groups is 1. The van der Waals surface area contributed by atoms with Crippen molar-refractivity contribution in [1.82, 2.24) is 5.32 Å². The second-order valence-corrected chi connectivity index (χ2v) is 4.47. The number of hydrogen-bond donors (Lipinski definition) is 2. The third-order valence-electron chi connectivity index (χ3n) is 3.17. The number of carbonyl (C=O) groups excluding carboxylic acids is 1. The van der Waals surface area contributed by atoms with Gasteiger partial charge in [-0.2, -0.15) is 0 Å². The third kappa shape index (κ3) is 3.55. The van der Waals surface area contributed by atoms with E-state index in [1.807, 2.05) is 38.2 Å². The van der Waals surface area contributed by atoms with E-state index in [0.29, 0.717) is 6.42 Å². The molecule has 0 saturated carbocycles. The fourth-order valence-corrected chi connectivity index (χ4v) is 1.62. The summed E-state index contributed by atoms with van der Waals surface area (Å²) in [5.74, 6) is -0.117. The van der Waals surface area contributed by atoms with Gasteiger partial charge in [0.05, 0.1) is 0 Å². The molecule has 0 radical (unpaired) electrons. The quantitative estimate of drug-likeness (QED) is 0.813. The number of nitrogens with one attached hydrogen (secondary N) is 2. The van der Waals surface area contributed by atoms with Gasteiger partial charge in [0, 0.05) is 19.3 Å². The Hall–Kier alpha value is -1.39. The smallest absolute Gasteiger partial charge is 0.256 e. The standard InChI is InChI=1S/C14H22N2O2/c1-5-14(2,18-4)13(17)16-12-8-6-7-11(9-12)10-15-3/h6-9,15H,5,10H2,1-4H3,(H,16,17). The van der Waals surface area contributed by atoms with Gasteiger partial charge in [-0.1, -0.05) is 19.1 Å². The molecule has 0 aliphatic heterocycles. The number of rotatable bonds is 6. The van der Waals surface area contributed by atoms with Gasteiger partial charge in [0.1, 0.15) is 5.60 Å². The zero-order chi connectivity index (χ0) is 13.6.